The second-order valence-corrected chi connectivity index (χ2v) is 5.66. The highest BCUT2D eigenvalue weighted by Crippen LogP contribution is 2.30. The standard InChI is InChI=1S/C16H27NO/c1-5-17-12-8-9-13-18-15-11-7-6-10-14(15)16(2,3)4/h6-7,10-11,17H,5,8-9,12-13H2,1-4H3. The Morgan fingerprint density at radius 1 is 1.11 bits per heavy atom. The molecule has 0 amide bonds. The van der Waals surface area contributed by atoms with Gasteiger partial charge in [0.05, 0.1) is 6.61 Å². The van der Waals surface area contributed by atoms with E-state index in [-0.39, 0.29) is 5.41 Å². The highest BCUT2D eigenvalue weighted by Gasteiger charge is 2.17. The van der Waals surface area contributed by atoms with Crippen LogP contribution in [0.25, 0.3) is 0 Å². The summed E-state index contributed by atoms with van der Waals surface area (Å²) in [5.74, 6) is 1.04. The molecule has 18 heavy (non-hydrogen) atoms. The molecular formula is C16H27NO. The molecule has 0 saturated carbocycles. The van der Waals surface area contributed by atoms with Crippen molar-refractivity contribution < 1.29 is 4.74 Å². The SMILES string of the molecule is CCNCCCCOc1ccccc1C(C)(C)C. The highest BCUT2D eigenvalue weighted by molar-refractivity contribution is 5.38. The quantitative estimate of drug-likeness (QED) is 0.743. The van der Waals surface area contributed by atoms with Crippen molar-refractivity contribution in [2.75, 3.05) is 19.7 Å². The maximum Gasteiger partial charge on any atom is 0.123 e. The fraction of sp³-hybridized carbons (Fsp3) is 0.625. The molecule has 0 aliphatic carbocycles. The summed E-state index contributed by atoms with van der Waals surface area (Å²) in [7, 11) is 0. The molecular weight excluding hydrogens is 222 g/mol. The smallest absolute Gasteiger partial charge is 0.123 e. The van der Waals surface area contributed by atoms with Crippen molar-refractivity contribution in [3.8, 4) is 5.75 Å². The topological polar surface area (TPSA) is 21.3 Å². The Morgan fingerprint density at radius 2 is 1.83 bits per heavy atom. The van der Waals surface area contributed by atoms with Crippen molar-refractivity contribution in [1.82, 2.24) is 5.32 Å². The van der Waals surface area contributed by atoms with E-state index < -0.39 is 0 Å². The Kier molecular flexibility index (Phi) is 6.20. The molecule has 102 valence electrons. The van der Waals surface area contributed by atoms with Crippen LogP contribution in [0.3, 0.4) is 0 Å². The fourth-order valence-corrected chi connectivity index (χ4v) is 1.92. The molecule has 0 heterocycles. The third-order valence-electron chi connectivity index (χ3n) is 2.95. The van der Waals surface area contributed by atoms with E-state index >= 15 is 0 Å². The van der Waals surface area contributed by atoms with Gasteiger partial charge >= 0.3 is 0 Å². The number of nitrogens with one attached hydrogen (secondary N) is 1. The summed E-state index contributed by atoms with van der Waals surface area (Å²) in [5, 5.41) is 3.33. The van der Waals surface area contributed by atoms with E-state index in [1.54, 1.807) is 0 Å². The van der Waals surface area contributed by atoms with Crippen LogP contribution in [0.15, 0.2) is 24.3 Å². The summed E-state index contributed by atoms with van der Waals surface area (Å²) in [6.45, 7) is 11.7. The van der Waals surface area contributed by atoms with Crippen molar-refractivity contribution in [2.24, 2.45) is 0 Å². The summed E-state index contributed by atoms with van der Waals surface area (Å²) in [4.78, 5) is 0. The number of para-hydroxylation sites is 1. The van der Waals surface area contributed by atoms with Crippen LogP contribution in [-0.2, 0) is 5.41 Å². The lowest BCUT2D eigenvalue weighted by Gasteiger charge is -2.22. The van der Waals surface area contributed by atoms with Gasteiger partial charge in [0.15, 0.2) is 0 Å². The number of unbranched alkanes of at least 4 members (excludes halogenated alkanes) is 1. The zero-order valence-corrected chi connectivity index (χ0v) is 12.3. The molecule has 0 saturated heterocycles. The van der Waals surface area contributed by atoms with Crippen LogP contribution in [0.2, 0.25) is 0 Å². The minimum absolute atomic E-state index is 0.139. The Morgan fingerprint density at radius 3 is 2.50 bits per heavy atom. The number of hydrogen-bond acceptors (Lipinski definition) is 2. The van der Waals surface area contributed by atoms with Gasteiger partial charge in [-0.25, -0.2) is 0 Å². The molecule has 0 aliphatic rings. The summed E-state index contributed by atoms with van der Waals surface area (Å²) in [5.41, 5.74) is 1.43. The van der Waals surface area contributed by atoms with Crippen molar-refractivity contribution in [2.45, 2.75) is 46.0 Å². The molecule has 1 aromatic rings. The van der Waals surface area contributed by atoms with Gasteiger partial charge in [-0.3, -0.25) is 0 Å². The second kappa shape index (κ2) is 7.42. The summed E-state index contributed by atoms with van der Waals surface area (Å²) in [6, 6.07) is 8.36. The van der Waals surface area contributed by atoms with Gasteiger partial charge in [0.1, 0.15) is 5.75 Å². The first-order valence-electron chi connectivity index (χ1n) is 6.98. The summed E-state index contributed by atoms with van der Waals surface area (Å²) in [6.07, 6.45) is 2.27. The van der Waals surface area contributed by atoms with Crippen LogP contribution in [0, 0.1) is 0 Å². The second-order valence-electron chi connectivity index (χ2n) is 5.66. The van der Waals surface area contributed by atoms with Gasteiger partial charge in [0.2, 0.25) is 0 Å². The first kappa shape index (κ1) is 15.0. The molecule has 0 unspecified atom stereocenters. The molecule has 2 nitrogen and oxygen atoms in total. The fourth-order valence-electron chi connectivity index (χ4n) is 1.92. The summed E-state index contributed by atoms with van der Waals surface area (Å²) >= 11 is 0. The van der Waals surface area contributed by atoms with Crippen LogP contribution in [0.1, 0.15) is 46.1 Å². The van der Waals surface area contributed by atoms with E-state index in [1.165, 1.54) is 12.0 Å². The van der Waals surface area contributed by atoms with E-state index in [0.29, 0.717) is 0 Å². The largest absolute Gasteiger partial charge is 0.493 e. The van der Waals surface area contributed by atoms with Crippen LogP contribution in [-0.4, -0.2) is 19.7 Å². The van der Waals surface area contributed by atoms with Crippen molar-refractivity contribution in [3.63, 3.8) is 0 Å². The number of benzene rings is 1. The van der Waals surface area contributed by atoms with Crippen molar-refractivity contribution >= 4 is 0 Å². The highest BCUT2D eigenvalue weighted by atomic mass is 16.5. The number of rotatable bonds is 7. The Balaban J connectivity index is 2.43. The Hall–Kier alpha value is -1.02. The van der Waals surface area contributed by atoms with E-state index in [4.69, 9.17) is 4.74 Å². The molecule has 2 heteroatoms. The predicted octanol–water partition coefficient (Wildman–Crippen LogP) is 3.75. The molecule has 0 aromatic heterocycles. The molecule has 0 spiro atoms. The van der Waals surface area contributed by atoms with Gasteiger partial charge in [-0.1, -0.05) is 45.9 Å². The number of hydrogen-bond donors (Lipinski definition) is 1. The first-order valence-corrected chi connectivity index (χ1v) is 6.98. The van der Waals surface area contributed by atoms with E-state index in [1.807, 2.05) is 6.07 Å². The average Bonchev–Trinajstić information content (AvgIpc) is 2.33. The lowest BCUT2D eigenvalue weighted by atomic mass is 9.86. The van der Waals surface area contributed by atoms with Gasteiger partial charge in [-0.05, 0) is 43.0 Å². The molecule has 1 rings (SSSR count). The third kappa shape index (κ3) is 5.09. The zero-order chi connectivity index (χ0) is 13.4. The minimum Gasteiger partial charge on any atom is -0.493 e. The molecule has 0 radical (unpaired) electrons. The van der Waals surface area contributed by atoms with Crippen LogP contribution in [0.5, 0.6) is 5.75 Å². The number of ether oxygens (including phenoxy) is 1. The van der Waals surface area contributed by atoms with Crippen LogP contribution in [0.4, 0.5) is 0 Å². The Labute approximate surface area is 112 Å². The minimum atomic E-state index is 0.139. The maximum atomic E-state index is 5.92. The van der Waals surface area contributed by atoms with Crippen molar-refractivity contribution in [3.05, 3.63) is 29.8 Å². The van der Waals surface area contributed by atoms with Gasteiger partial charge < -0.3 is 10.1 Å². The lowest BCUT2D eigenvalue weighted by molar-refractivity contribution is 0.298. The van der Waals surface area contributed by atoms with E-state index in [0.717, 1.165) is 31.9 Å². The molecule has 1 N–H and O–H groups in total. The van der Waals surface area contributed by atoms with Crippen LogP contribution >= 0.6 is 0 Å². The zero-order valence-electron chi connectivity index (χ0n) is 12.3. The monoisotopic (exact) mass is 249 g/mol. The van der Waals surface area contributed by atoms with Gasteiger partial charge in [-0.15, -0.1) is 0 Å². The van der Waals surface area contributed by atoms with Crippen LogP contribution < -0.4 is 10.1 Å². The maximum absolute atomic E-state index is 5.92. The van der Waals surface area contributed by atoms with Gasteiger partial charge in [0, 0.05) is 0 Å². The normalized spacial score (nSPS) is 11.6. The molecule has 0 aliphatic heterocycles. The first-order chi connectivity index (χ1) is 8.55. The van der Waals surface area contributed by atoms with Crippen molar-refractivity contribution in [1.29, 1.82) is 0 Å². The molecule has 0 bridgehead atoms. The van der Waals surface area contributed by atoms with E-state index in [9.17, 15) is 0 Å². The molecule has 1 aromatic carbocycles. The van der Waals surface area contributed by atoms with Gasteiger partial charge in [-0.2, -0.15) is 0 Å². The average molecular weight is 249 g/mol. The lowest BCUT2D eigenvalue weighted by Crippen LogP contribution is -2.16. The van der Waals surface area contributed by atoms with Gasteiger partial charge in [0.25, 0.3) is 0 Å². The molecule has 0 fully saturated rings. The molecule has 0 atom stereocenters. The predicted molar refractivity (Wildman–Crippen MR) is 78.4 cm³/mol. The Bertz CT molecular complexity index is 341. The van der Waals surface area contributed by atoms with E-state index in [2.05, 4.69) is 51.2 Å². The summed E-state index contributed by atoms with van der Waals surface area (Å²) < 4.78 is 5.92. The third-order valence-corrected chi connectivity index (χ3v) is 2.95.